The molecule has 6 heteroatoms. The first kappa shape index (κ1) is 13.2. The van der Waals surface area contributed by atoms with Gasteiger partial charge in [0.25, 0.3) is 0 Å². The maximum absolute atomic E-state index is 13.7. The smallest absolute Gasteiger partial charge is 0.150 e. The lowest BCUT2D eigenvalue weighted by atomic mass is 10.1. The molecule has 1 saturated heterocycles. The molecule has 1 aliphatic heterocycles. The van der Waals surface area contributed by atoms with Crippen LogP contribution in [0.25, 0.3) is 0 Å². The summed E-state index contributed by atoms with van der Waals surface area (Å²) in [6.45, 7) is 1.82. The Hall–Kier alpha value is -1.27. The number of anilines is 1. The molecule has 0 radical (unpaired) electrons. The molecule has 1 aliphatic rings. The van der Waals surface area contributed by atoms with E-state index in [0.29, 0.717) is 25.7 Å². The van der Waals surface area contributed by atoms with E-state index in [-0.39, 0.29) is 16.2 Å². The number of nitrogens with one attached hydrogen (secondary N) is 1. The van der Waals surface area contributed by atoms with Gasteiger partial charge < -0.3 is 15.8 Å². The highest BCUT2D eigenvalue weighted by Gasteiger charge is 2.18. The third kappa shape index (κ3) is 2.94. The normalized spacial score (nSPS) is 18.9. The molecule has 0 saturated carbocycles. The van der Waals surface area contributed by atoms with Gasteiger partial charge in [-0.05, 0) is 18.6 Å². The van der Waals surface area contributed by atoms with Gasteiger partial charge in [0.15, 0.2) is 0 Å². The lowest BCUT2D eigenvalue weighted by Gasteiger charge is -2.13. The van der Waals surface area contributed by atoms with Gasteiger partial charge in [0.2, 0.25) is 0 Å². The predicted octanol–water partition coefficient (Wildman–Crippen LogP) is 2.05. The minimum absolute atomic E-state index is 0.0245. The zero-order valence-electron chi connectivity index (χ0n) is 9.71. The first-order valence-electron chi connectivity index (χ1n) is 5.68. The van der Waals surface area contributed by atoms with Crippen LogP contribution in [0.4, 0.5) is 14.5 Å². The number of thiocarbonyl (C=S) groups is 1. The molecule has 1 heterocycles. The summed E-state index contributed by atoms with van der Waals surface area (Å²) >= 11 is 4.68. The van der Waals surface area contributed by atoms with E-state index < -0.39 is 11.6 Å². The van der Waals surface area contributed by atoms with E-state index in [1.165, 1.54) is 0 Å². The molecule has 0 spiro atoms. The van der Waals surface area contributed by atoms with E-state index >= 15 is 0 Å². The highest BCUT2D eigenvalue weighted by atomic mass is 32.1. The second kappa shape index (κ2) is 5.58. The van der Waals surface area contributed by atoms with E-state index in [1.807, 2.05) is 0 Å². The Morgan fingerprint density at radius 2 is 2.11 bits per heavy atom. The molecule has 1 aromatic carbocycles. The van der Waals surface area contributed by atoms with Gasteiger partial charge in [0, 0.05) is 24.6 Å². The van der Waals surface area contributed by atoms with Crippen molar-refractivity contribution in [3.63, 3.8) is 0 Å². The third-order valence-electron chi connectivity index (χ3n) is 2.92. The van der Waals surface area contributed by atoms with Crippen LogP contribution >= 0.6 is 12.2 Å². The second-order valence-corrected chi connectivity index (χ2v) is 4.73. The molecule has 18 heavy (non-hydrogen) atoms. The number of hydrogen-bond acceptors (Lipinski definition) is 3. The number of nitrogens with two attached hydrogens (primary N) is 1. The molecule has 1 fully saturated rings. The maximum atomic E-state index is 13.7. The lowest BCUT2D eigenvalue weighted by Crippen LogP contribution is -2.17. The maximum Gasteiger partial charge on any atom is 0.150 e. The number of benzene rings is 1. The van der Waals surface area contributed by atoms with Crippen LogP contribution in [0.3, 0.4) is 0 Å². The average molecular weight is 272 g/mol. The van der Waals surface area contributed by atoms with E-state index in [2.05, 4.69) is 17.5 Å². The summed E-state index contributed by atoms with van der Waals surface area (Å²) in [4.78, 5) is -0.0245. The number of rotatable bonds is 4. The van der Waals surface area contributed by atoms with Crippen LogP contribution in [-0.2, 0) is 4.74 Å². The van der Waals surface area contributed by atoms with Crippen molar-refractivity contribution in [1.82, 2.24) is 0 Å². The van der Waals surface area contributed by atoms with Crippen molar-refractivity contribution in [1.29, 1.82) is 0 Å². The summed E-state index contributed by atoms with van der Waals surface area (Å²) in [5.41, 5.74) is 5.39. The number of ether oxygens (including phenoxy) is 1. The molecular formula is C12H14F2N2OS. The predicted molar refractivity (Wildman–Crippen MR) is 69.7 cm³/mol. The number of halogens is 2. The molecule has 0 aliphatic carbocycles. The van der Waals surface area contributed by atoms with Crippen LogP contribution in [0.5, 0.6) is 0 Å². The van der Waals surface area contributed by atoms with Crippen LogP contribution in [0.15, 0.2) is 12.1 Å². The average Bonchev–Trinajstić information content (AvgIpc) is 2.80. The van der Waals surface area contributed by atoms with Crippen molar-refractivity contribution in [3.05, 3.63) is 29.3 Å². The van der Waals surface area contributed by atoms with Gasteiger partial charge in [-0.2, -0.15) is 0 Å². The van der Waals surface area contributed by atoms with Crippen LogP contribution in [0, 0.1) is 17.6 Å². The van der Waals surface area contributed by atoms with Crippen LogP contribution in [-0.4, -0.2) is 24.7 Å². The molecule has 3 N–H and O–H groups in total. The van der Waals surface area contributed by atoms with Gasteiger partial charge >= 0.3 is 0 Å². The van der Waals surface area contributed by atoms with Crippen molar-refractivity contribution in [2.75, 3.05) is 25.1 Å². The molecule has 0 bridgehead atoms. The second-order valence-electron chi connectivity index (χ2n) is 4.29. The highest BCUT2D eigenvalue weighted by molar-refractivity contribution is 7.80. The zero-order chi connectivity index (χ0) is 13.1. The van der Waals surface area contributed by atoms with E-state index in [0.717, 1.165) is 18.6 Å². The Kier molecular flexibility index (Phi) is 4.08. The largest absolute Gasteiger partial charge is 0.389 e. The summed E-state index contributed by atoms with van der Waals surface area (Å²) < 4.78 is 32.6. The quantitative estimate of drug-likeness (QED) is 0.824. The van der Waals surface area contributed by atoms with E-state index in [4.69, 9.17) is 10.5 Å². The summed E-state index contributed by atoms with van der Waals surface area (Å²) in [5.74, 6) is -1.08. The molecule has 0 aromatic heterocycles. The van der Waals surface area contributed by atoms with Gasteiger partial charge in [0.05, 0.1) is 6.61 Å². The SMILES string of the molecule is NC(=S)c1cc(F)c(NCC2CCOC2)c(F)c1. The number of hydrogen-bond donors (Lipinski definition) is 2. The Bertz CT molecular complexity index is 438. The lowest BCUT2D eigenvalue weighted by molar-refractivity contribution is 0.187. The van der Waals surface area contributed by atoms with E-state index in [1.54, 1.807) is 0 Å². The molecule has 1 aromatic rings. The van der Waals surface area contributed by atoms with E-state index in [9.17, 15) is 8.78 Å². The van der Waals surface area contributed by atoms with Crippen molar-refractivity contribution < 1.29 is 13.5 Å². The standard InChI is InChI=1S/C12H14F2N2OS/c13-9-3-8(12(15)18)4-10(14)11(9)16-5-7-1-2-17-6-7/h3-4,7,16H,1-2,5-6H2,(H2,15,18). The molecule has 2 rings (SSSR count). The fraction of sp³-hybridized carbons (Fsp3) is 0.417. The van der Waals surface area contributed by atoms with Gasteiger partial charge in [0.1, 0.15) is 22.3 Å². The molecule has 1 atom stereocenters. The molecular weight excluding hydrogens is 258 g/mol. The topological polar surface area (TPSA) is 47.3 Å². The Labute approximate surface area is 109 Å². The Morgan fingerprint density at radius 1 is 1.44 bits per heavy atom. The molecule has 98 valence electrons. The van der Waals surface area contributed by atoms with Crippen molar-refractivity contribution in [3.8, 4) is 0 Å². The fourth-order valence-corrected chi connectivity index (χ4v) is 1.99. The first-order valence-corrected chi connectivity index (χ1v) is 6.09. The summed E-state index contributed by atoms with van der Waals surface area (Å²) in [6.07, 6.45) is 0.904. The van der Waals surface area contributed by atoms with Gasteiger partial charge in [-0.25, -0.2) is 8.78 Å². The van der Waals surface area contributed by atoms with Gasteiger partial charge in [-0.3, -0.25) is 0 Å². The van der Waals surface area contributed by atoms with Gasteiger partial charge in [-0.1, -0.05) is 12.2 Å². The Morgan fingerprint density at radius 3 is 2.61 bits per heavy atom. The minimum Gasteiger partial charge on any atom is -0.389 e. The van der Waals surface area contributed by atoms with Crippen molar-refractivity contribution in [2.24, 2.45) is 11.7 Å². The van der Waals surface area contributed by atoms with Crippen molar-refractivity contribution >= 4 is 22.9 Å². The minimum atomic E-state index is -0.684. The summed E-state index contributed by atoms with van der Waals surface area (Å²) in [6, 6.07) is 2.28. The van der Waals surface area contributed by atoms with Crippen LogP contribution < -0.4 is 11.1 Å². The monoisotopic (exact) mass is 272 g/mol. The molecule has 3 nitrogen and oxygen atoms in total. The highest BCUT2D eigenvalue weighted by Crippen LogP contribution is 2.22. The molecule has 0 amide bonds. The third-order valence-corrected chi connectivity index (χ3v) is 3.15. The van der Waals surface area contributed by atoms with Crippen molar-refractivity contribution in [2.45, 2.75) is 6.42 Å². The van der Waals surface area contributed by atoms with Gasteiger partial charge in [-0.15, -0.1) is 0 Å². The van der Waals surface area contributed by atoms with Crippen LogP contribution in [0.2, 0.25) is 0 Å². The first-order chi connectivity index (χ1) is 8.58. The summed E-state index contributed by atoms with van der Waals surface area (Å²) in [5, 5.41) is 2.78. The molecule has 1 unspecified atom stereocenters. The fourth-order valence-electron chi connectivity index (χ4n) is 1.87. The zero-order valence-corrected chi connectivity index (χ0v) is 10.5. The summed E-state index contributed by atoms with van der Waals surface area (Å²) in [7, 11) is 0. The Balaban J connectivity index is 2.10. The van der Waals surface area contributed by atoms with Crippen LogP contribution in [0.1, 0.15) is 12.0 Å².